The summed E-state index contributed by atoms with van der Waals surface area (Å²) in [5.41, 5.74) is 4.67. The number of piperidine rings is 1. The zero-order chi connectivity index (χ0) is 20.9. The van der Waals surface area contributed by atoms with Crippen LogP contribution in [-0.2, 0) is 0 Å². The van der Waals surface area contributed by atoms with E-state index in [4.69, 9.17) is 4.98 Å². The number of anilines is 1. The topological polar surface area (TPSA) is 48.7 Å². The van der Waals surface area contributed by atoms with Crippen molar-refractivity contribution in [3.05, 3.63) is 59.7 Å². The molecule has 0 amide bonds. The molecule has 6 rings (SSSR count). The third-order valence-electron chi connectivity index (χ3n) is 7.54. The molecule has 2 bridgehead atoms. The van der Waals surface area contributed by atoms with Crippen molar-refractivity contribution < 1.29 is 0 Å². The summed E-state index contributed by atoms with van der Waals surface area (Å²) in [7, 11) is 2.26. The molecule has 3 aromatic rings. The zero-order valence-electron chi connectivity index (χ0n) is 18.5. The average molecular weight is 417 g/mol. The van der Waals surface area contributed by atoms with Crippen LogP contribution in [-0.4, -0.2) is 51.5 Å². The van der Waals surface area contributed by atoms with Crippen molar-refractivity contribution in [3.63, 3.8) is 0 Å². The fraction of sp³-hybridized carbons (Fsp3) is 0.520. The largest absolute Gasteiger partial charge is 0.349 e. The molecule has 4 atom stereocenters. The van der Waals surface area contributed by atoms with Crippen molar-refractivity contribution in [2.24, 2.45) is 0 Å². The van der Waals surface area contributed by atoms with Crippen LogP contribution in [0.25, 0.3) is 5.65 Å². The lowest BCUT2D eigenvalue weighted by Crippen LogP contribution is -2.53. The fourth-order valence-corrected chi connectivity index (χ4v) is 6.13. The first kappa shape index (κ1) is 19.3. The Labute approximate surface area is 184 Å². The summed E-state index contributed by atoms with van der Waals surface area (Å²) in [5, 5.41) is 3.86. The average Bonchev–Trinajstić information content (AvgIpc) is 3.33. The first-order valence-corrected chi connectivity index (χ1v) is 11.8. The van der Waals surface area contributed by atoms with E-state index in [9.17, 15) is 0 Å². The van der Waals surface area contributed by atoms with Crippen molar-refractivity contribution in [3.8, 4) is 0 Å². The van der Waals surface area contributed by atoms with Gasteiger partial charge in [-0.25, -0.2) is 4.98 Å². The van der Waals surface area contributed by atoms with Crippen molar-refractivity contribution in [1.82, 2.24) is 24.6 Å². The van der Waals surface area contributed by atoms with Crippen LogP contribution in [0.2, 0.25) is 0 Å². The van der Waals surface area contributed by atoms with E-state index in [1.54, 1.807) is 0 Å². The highest BCUT2D eigenvalue weighted by Crippen LogP contribution is 2.36. The molecule has 3 aliphatic heterocycles. The van der Waals surface area contributed by atoms with E-state index < -0.39 is 0 Å². The van der Waals surface area contributed by atoms with Crippen molar-refractivity contribution in [2.45, 2.75) is 63.2 Å². The summed E-state index contributed by atoms with van der Waals surface area (Å²) in [6, 6.07) is 12.6. The van der Waals surface area contributed by atoms with E-state index in [-0.39, 0.29) is 6.04 Å². The highest BCUT2D eigenvalue weighted by atomic mass is 15.4. The van der Waals surface area contributed by atoms with Gasteiger partial charge in [0.1, 0.15) is 11.5 Å². The third kappa shape index (κ3) is 3.33. The van der Waals surface area contributed by atoms with Gasteiger partial charge in [-0.3, -0.25) is 9.38 Å². The Balaban J connectivity index is 1.31. The number of nitrogens with zero attached hydrogens (tertiary/aromatic N) is 5. The Morgan fingerprint density at radius 1 is 0.968 bits per heavy atom. The molecule has 0 saturated carbocycles. The minimum Gasteiger partial charge on any atom is -0.349 e. The molecule has 3 fully saturated rings. The number of likely N-dealkylation sites (N-methyl/N-ethyl adjacent to an activating group) is 1. The number of aryl methyl sites for hydroxylation is 1. The predicted octanol–water partition coefficient (Wildman–Crippen LogP) is 3.88. The van der Waals surface area contributed by atoms with Gasteiger partial charge in [-0.1, -0.05) is 12.1 Å². The smallest absolute Gasteiger partial charge is 0.138 e. The molecule has 4 unspecified atom stereocenters. The van der Waals surface area contributed by atoms with Crippen LogP contribution in [0.3, 0.4) is 0 Å². The molecule has 1 N–H and O–H groups in total. The van der Waals surface area contributed by atoms with Gasteiger partial charge >= 0.3 is 0 Å². The third-order valence-corrected chi connectivity index (χ3v) is 7.54. The summed E-state index contributed by atoms with van der Waals surface area (Å²) in [5.74, 6) is 1.31. The molecule has 162 valence electrons. The van der Waals surface area contributed by atoms with Crippen molar-refractivity contribution >= 4 is 11.5 Å². The predicted molar refractivity (Wildman–Crippen MR) is 123 cm³/mol. The highest BCUT2D eigenvalue weighted by Gasteiger charge is 2.39. The molecule has 6 nitrogen and oxygen atoms in total. The second kappa shape index (κ2) is 7.61. The zero-order valence-corrected chi connectivity index (χ0v) is 18.5. The van der Waals surface area contributed by atoms with Crippen molar-refractivity contribution in [2.75, 3.05) is 25.0 Å². The molecule has 31 heavy (non-hydrogen) atoms. The van der Waals surface area contributed by atoms with E-state index in [2.05, 4.69) is 68.9 Å². The summed E-state index contributed by atoms with van der Waals surface area (Å²) in [6.07, 6.45) is 10.2. The first-order chi connectivity index (χ1) is 15.2. The maximum absolute atomic E-state index is 5.07. The molecule has 3 aromatic heterocycles. The van der Waals surface area contributed by atoms with E-state index in [1.807, 2.05) is 12.3 Å². The monoisotopic (exact) mass is 416 g/mol. The van der Waals surface area contributed by atoms with Gasteiger partial charge in [0.05, 0.1) is 23.5 Å². The standard InChI is InChI=1S/C25H32N6/c1-17-6-5-13-26-25(17)21-8-3-7-20(27-21)22-16-30-23(28-22)9-4-10-24(30)31-18-11-12-19(31)15-29(2)14-18/h4-6,9-10,13,16,18-21,27H,3,7-8,11-12,14-15H2,1-2H3. The van der Waals surface area contributed by atoms with Crippen molar-refractivity contribution in [1.29, 1.82) is 0 Å². The number of aromatic nitrogens is 3. The number of hydrogen-bond acceptors (Lipinski definition) is 5. The van der Waals surface area contributed by atoms with Gasteiger partial charge < -0.3 is 15.1 Å². The van der Waals surface area contributed by atoms with Crippen LogP contribution >= 0.6 is 0 Å². The molecule has 0 aromatic carbocycles. The second-order valence-corrected chi connectivity index (χ2v) is 9.70. The van der Waals surface area contributed by atoms with Gasteiger partial charge in [-0.15, -0.1) is 0 Å². The number of hydrogen-bond donors (Lipinski definition) is 1. The lowest BCUT2D eigenvalue weighted by molar-refractivity contribution is 0.263. The van der Waals surface area contributed by atoms with Gasteiger partial charge in [0.15, 0.2) is 0 Å². The Morgan fingerprint density at radius 3 is 2.58 bits per heavy atom. The van der Waals surface area contributed by atoms with Crippen LogP contribution in [0.5, 0.6) is 0 Å². The number of pyridine rings is 2. The maximum Gasteiger partial charge on any atom is 0.138 e. The van der Waals surface area contributed by atoms with E-state index in [0.29, 0.717) is 18.1 Å². The molecule has 0 aliphatic carbocycles. The summed E-state index contributed by atoms with van der Waals surface area (Å²) < 4.78 is 2.34. The summed E-state index contributed by atoms with van der Waals surface area (Å²) >= 11 is 0. The molecule has 0 spiro atoms. The molecular weight excluding hydrogens is 384 g/mol. The van der Waals surface area contributed by atoms with Crippen LogP contribution < -0.4 is 10.2 Å². The molecule has 0 radical (unpaired) electrons. The molecular formula is C25H32N6. The first-order valence-electron chi connectivity index (χ1n) is 11.8. The Bertz CT molecular complexity index is 1080. The number of rotatable bonds is 3. The molecule has 6 heterocycles. The van der Waals surface area contributed by atoms with Gasteiger partial charge in [-0.2, -0.15) is 0 Å². The lowest BCUT2D eigenvalue weighted by atomic mass is 9.93. The van der Waals surface area contributed by atoms with E-state index in [0.717, 1.165) is 37.3 Å². The van der Waals surface area contributed by atoms with Crippen LogP contribution in [0.4, 0.5) is 5.82 Å². The number of imidazole rings is 1. The molecule has 6 heteroatoms. The maximum atomic E-state index is 5.07. The van der Waals surface area contributed by atoms with E-state index in [1.165, 1.54) is 36.3 Å². The van der Waals surface area contributed by atoms with Crippen LogP contribution in [0.15, 0.2) is 42.7 Å². The number of piperazine rings is 1. The number of fused-ring (bicyclic) bond motifs is 3. The van der Waals surface area contributed by atoms with E-state index >= 15 is 0 Å². The Morgan fingerprint density at radius 2 is 1.77 bits per heavy atom. The SMILES string of the molecule is Cc1cccnc1C1CCCC(c2cn3c(N4C5CCC4CN(C)C5)cccc3n2)N1. The van der Waals surface area contributed by atoms with Gasteiger partial charge in [0, 0.05) is 37.6 Å². The van der Waals surface area contributed by atoms with Gasteiger partial charge in [0.2, 0.25) is 0 Å². The minimum absolute atomic E-state index is 0.275. The lowest BCUT2D eigenvalue weighted by Gasteiger charge is -2.41. The number of nitrogens with one attached hydrogen (secondary N) is 1. The van der Waals surface area contributed by atoms with Crippen LogP contribution in [0, 0.1) is 6.92 Å². The Kier molecular flexibility index (Phi) is 4.73. The number of likely N-dealkylation sites (tertiary alicyclic amines) is 1. The van der Waals surface area contributed by atoms with Gasteiger partial charge in [0.25, 0.3) is 0 Å². The Hall–Kier alpha value is -2.44. The second-order valence-electron chi connectivity index (χ2n) is 9.70. The quantitative estimate of drug-likeness (QED) is 0.702. The normalized spacial score (nSPS) is 29.0. The fourth-order valence-electron chi connectivity index (χ4n) is 6.13. The molecule has 3 aliphatic rings. The molecule has 3 saturated heterocycles. The summed E-state index contributed by atoms with van der Waals surface area (Å²) in [6.45, 7) is 4.47. The summed E-state index contributed by atoms with van der Waals surface area (Å²) in [4.78, 5) is 14.9. The highest BCUT2D eigenvalue weighted by molar-refractivity contribution is 5.55. The van der Waals surface area contributed by atoms with Crippen LogP contribution in [0.1, 0.15) is 61.1 Å². The minimum atomic E-state index is 0.275. The van der Waals surface area contributed by atoms with Gasteiger partial charge in [-0.05, 0) is 69.8 Å².